The molecule has 2 nitrogen and oxygen atoms in total. The lowest BCUT2D eigenvalue weighted by atomic mass is 9.84. The van der Waals surface area contributed by atoms with Crippen molar-refractivity contribution in [3.05, 3.63) is 36.6 Å². The fourth-order valence-corrected chi connectivity index (χ4v) is 2.62. The zero-order valence-corrected chi connectivity index (χ0v) is 7.48. The van der Waals surface area contributed by atoms with Gasteiger partial charge in [0, 0.05) is 30.5 Å². The standard InChI is InChI=1S/C11H14N2/c1-2-4-10-8(3-1)9-5-6-12-7-11(9)13-10/h1-6,8-13H,7H2. The van der Waals surface area contributed by atoms with Crippen molar-refractivity contribution in [2.24, 2.45) is 11.8 Å². The average Bonchev–Trinajstić information content (AvgIpc) is 2.56. The molecule has 2 heterocycles. The Labute approximate surface area is 78.4 Å². The van der Waals surface area contributed by atoms with Crippen LogP contribution in [0.4, 0.5) is 0 Å². The van der Waals surface area contributed by atoms with E-state index < -0.39 is 0 Å². The molecule has 4 atom stereocenters. The van der Waals surface area contributed by atoms with Gasteiger partial charge in [0.05, 0.1) is 0 Å². The molecule has 68 valence electrons. The van der Waals surface area contributed by atoms with E-state index in [1.165, 1.54) is 0 Å². The van der Waals surface area contributed by atoms with Crippen LogP contribution in [-0.2, 0) is 0 Å². The first-order chi connectivity index (χ1) is 6.45. The van der Waals surface area contributed by atoms with Crippen LogP contribution in [-0.4, -0.2) is 18.6 Å². The molecule has 0 bridgehead atoms. The zero-order valence-electron chi connectivity index (χ0n) is 7.48. The average molecular weight is 174 g/mol. The number of fused-ring (bicyclic) bond motifs is 3. The maximum Gasteiger partial charge on any atom is 0.0325 e. The summed E-state index contributed by atoms with van der Waals surface area (Å²) in [5.74, 6) is 1.36. The third kappa shape index (κ3) is 1.05. The lowest BCUT2D eigenvalue weighted by molar-refractivity contribution is 0.453. The molecule has 0 radical (unpaired) electrons. The molecule has 2 heteroatoms. The van der Waals surface area contributed by atoms with E-state index in [1.54, 1.807) is 0 Å². The molecule has 3 aliphatic rings. The molecule has 0 aromatic heterocycles. The van der Waals surface area contributed by atoms with Crippen molar-refractivity contribution in [1.82, 2.24) is 10.6 Å². The lowest BCUT2D eigenvalue weighted by Crippen LogP contribution is -2.40. The van der Waals surface area contributed by atoms with Crippen molar-refractivity contribution in [2.45, 2.75) is 12.1 Å². The summed E-state index contributed by atoms with van der Waals surface area (Å²) in [7, 11) is 0. The smallest absolute Gasteiger partial charge is 0.0325 e. The minimum atomic E-state index is 0.560. The van der Waals surface area contributed by atoms with Crippen molar-refractivity contribution in [3.63, 3.8) is 0 Å². The van der Waals surface area contributed by atoms with Gasteiger partial charge in [-0.15, -0.1) is 0 Å². The maximum atomic E-state index is 3.64. The molecule has 4 unspecified atom stereocenters. The molecule has 3 rings (SSSR count). The van der Waals surface area contributed by atoms with Crippen LogP contribution < -0.4 is 10.6 Å². The second-order valence-corrected chi connectivity index (χ2v) is 3.99. The van der Waals surface area contributed by atoms with Crippen LogP contribution in [0.2, 0.25) is 0 Å². The summed E-state index contributed by atoms with van der Waals surface area (Å²) < 4.78 is 0. The molecule has 1 saturated heterocycles. The van der Waals surface area contributed by atoms with Crippen molar-refractivity contribution in [3.8, 4) is 0 Å². The highest BCUT2D eigenvalue weighted by Gasteiger charge is 2.40. The highest BCUT2D eigenvalue weighted by Crippen LogP contribution is 2.33. The summed E-state index contributed by atoms with van der Waals surface area (Å²) in [5, 5.41) is 6.92. The Morgan fingerprint density at radius 1 is 1.00 bits per heavy atom. The van der Waals surface area contributed by atoms with E-state index in [1.807, 2.05) is 0 Å². The fourth-order valence-electron chi connectivity index (χ4n) is 2.62. The van der Waals surface area contributed by atoms with Gasteiger partial charge >= 0.3 is 0 Å². The van der Waals surface area contributed by atoms with Gasteiger partial charge in [-0.2, -0.15) is 0 Å². The summed E-state index contributed by atoms with van der Waals surface area (Å²) in [6, 6.07) is 1.18. The molecule has 0 aromatic rings. The summed E-state index contributed by atoms with van der Waals surface area (Å²) in [5.41, 5.74) is 0. The van der Waals surface area contributed by atoms with Gasteiger partial charge in [0.2, 0.25) is 0 Å². The Kier molecular flexibility index (Phi) is 1.56. The number of allylic oxidation sites excluding steroid dienone is 2. The van der Waals surface area contributed by atoms with Crippen LogP contribution in [0.25, 0.3) is 0 Å². The first-order valence-electron chi connectivity index (χ1n) is 4.96. The Morgan fingerprint density at radius 3 is 2.92 bits per heavy atom. The molecule has 2 aliphatic heterocycles. The lowest BCUT2D eigenvalue weighted by Gasteiger charge is -2.23. The highest BCUT2D eigenvalue weighted by atomic mass is 15.1. The Morgan fingerprint density at radius 2 is 1.92 bits per heavy atom. The van der Waals surface area contributed by atoms with Crippen LogP contribution in [0.15, 0.2) is 36.6 Å². The predicted octanol–water partition coefficient (Wildman–Crippen LogP) is 0.802. The SMILES string of the molecule is C1=CC2NC3CNC=CC3C2C=C1. The van der Waals surface area contributed by atoms with Crippen molar-refractivity contribution in [1.29, 1.82) is 0 Å². The van der Waals surface area contributed by atoms with E-state index in [2.05, 4.69) is 47.2 Å². The van der Waals surface area contributed by atoms with Gasteiger partial charge in [-0.3, -0.25) is 0 Å². The minimum Gasteiger partial charge on any atom is -0.390 e. The largest absolute Gasteiger partial charge is 0.390 e. The third-order valence-electron chi connectivity index (χ3n) is 3.27. The monoisotopic (exact) mass is 174 g/mol. The van der Waals surface area contributed by atoms with Gasteiger partial charge in [-0.05, 0) is 6.20 Å². The van der Waals surface area contributed by atoms with Gasteiger partial charge in [-0.25, -0.2) is 0 Å². The van der Waals surface area contributed by atoms with Crippen LogP contribution in [0.1, 0.15) is 0 Å². The second-order valence-electron chi connectivity index (χ2n) is 3.99. The summed E-state index contributed by atoms with van der Waals surface area (Å²) in [6.07, 6.45) is 13.3. The summed E-state index contributed by atoms with van der Waals surface area (Å²) in [6.45, 7) is 1.07. The first kappa shape index (κ1) is 7.39. The quantitative estimate of drug-likeness (QED) is 0.567. The number of rotatable bonds is 0. The van der Waals surface area contributed by atoms with Crippen LogP contribution in [0, 0.1) is 11.8 Å². The topological polar surface area (TPSA) is 24.1 Å². The minimum absolute atomic E-state index is 0.560. The van der Waals surface area contributed by atoms with Crippen LogP contribution >= 0.6 is 0 Å². The fraction of sp³-hybridized carbons (Fsp3) is 0.455. The molecular formula is C11H14N2. The van der Waals surface area contributed by atoms with Gasteiger partial charge in [0.1, 0.15) is 0 Å². The number of hydrogen-bond donors (Lipinski definition) is 2. The summed E-state index contributed by atoms with van der Waals surface area (Å²) >= 11 is 0. The van der Waals surface area contributed by atoms with Crippen molar-refractivity contribution < 1.29 is 0 Å². The number of nitrogens with one attached hydrogen (secondary N) is 2. The highest BCUT2D eigenvalue weighted by molar-refractivity contribution is 5.25. The van der Waals surface area contributed by atoms with Crippen molar-refractivity contribution >= 4 is 0 Å². The zero-order chi connectivity index (χ0) is 8.67. The van der Waals surface area contributed by atoms with Crippen LogP contribution in [0.3, 0.4) is 0 Å². The molecular weight excluding hydrogens is 160 g/mol. The maximum absolute atomic E-state index is 3.64. The van der Waals surface area contributed by atoms with E-state index >= 15 is 0 Å². The predicted molar refractivity (Wildman–Crippen MR) is 53.1 cm³/mol. The Bertz CT molecular complexity index is 290. The summed E-state index contributed by atoms with van der Waals surface area (Å²) in [4.78, 5) is 0. The van der Waals surface area contributed by atoms with Crippen molar-refractivity contribution in [2.75, 3.05) is 6.54 Å². The molecule has 2 N–H and O–H groups in total. The molecule has 0 amide bonds. The third-order valence-corrected chi connectivity index (χ3v) is 3.27. The number of hydrogen-bond acceptors (Lipinski definition) is 2. The molecule has 13 heavy (non-hydrogen) atoms. The van der Waals surface area contributed by atoms with Gasteiger partial charge < -0.3 is 10.6 Å². The Balaban J connectivity index is 1.92. The van der Waals surface area contributed by atoms with E-state index in [4.69, 9.17) is 0 Å². The van der Waals surface area contributed by atoms with Gasteiger partial charge in [-0.1, -0.05) is 30.4 Å². The second kappa shape index (κ2) is 2.74. The van der Waals surface area contributed by atoms with E-state index in [9.17, 15) is 0 Å². The molecule has 0 aromatic carbocycles. The normalized spacial score (nSPS) is 45.5. The molecule has 0 saturated carbocycles. The van der Waals surface area contributed by atoms with E-state index in [0.717, 1.165) is 6.54 Å². The molecule has 0 spiro atoms. The van der Waals surface area contributed by atoms with Gasteiger partial charge in [0.15, 0.2) is 0 Å². The molecule has 1 aliphatic carbocycles. The van der Waals surface area contributed by atoms with E-state index in [-0.39, 0.29) is 0 Å². The van der Waals surface area contributed by atoms with Crippen LogP contribution in [0.5, 0.6) is 0 Å². The molecule has 1 fully saturated rings. The first-order valence-corrected chi connectivity index (χ1v) is 4.96. The van der Waals surface area contributed by atoms with E-state index in [0.29, 0.717) is 23.9 Å². The van der Waals surface area contributed by atoms with Gasteiger partial charge in [0.25, 0.3) is 0 Å². The Hall–Kier alpha value is -1.02.